The van der Waals surface area contributed by atoms with E-state index in [1.54, 1.807) is 0 Å². The molecule has 1 N–H and O–H groups in total. The maximum Gasteiger partial charge on any atom is 0.0588 e. The Balaban J connectivity index is 1.95. The predicted molar refractivity (Wildman–Crippen MR) is 91.5 cm³/mol. The molecule has 3 nitrogen and oxygen atoms in total. The molecule has 2 aromatic rings. The summed E-state index contributed by atoms with van der Waals surface area (Å²) in [6.07, 6.45) is 0.823. The van der Waals surface area contributed by atoms with Crippen LogP contribution in [0.15, 0.2) is 48.5 Å². The van der Waals surface area contributed by atoms with E-state index in [9.17, 15) is 8.76 Å². The standard InChI is InChI=1S/C18H23NO2S/c1-14(2)16-7-9-18(10-8-16)17-5-3-15(4-6-17)11-12-19-13-22(20)21/h3-10,14,19H,11-13H2,1-2H3,(H,20,21)/p-1. The van der Waals surface area contributed by atoms with E-state index < -0.39 is 11.1 Å². The van der Waals surface area contributed by atoms with E-state index in [0.717, 1.165) is 6.42 Å². The van der Waals surface area contributed by atoms with E-state index in [2.05, 4.69) is 67.7 Å². The van der Waals surface area contributed by atoms with Gasteiger partial charge in [0.1, 0.15) is 0 Å². The van der Waals surface area contributed by atoms with Gasteiger partial charge in [0, 0.05) is 0 Å². The average molecular weight is 316 g/mol. The fourth-order valence-corrected chi connectivity index (χ4v) is 2.62. The minimum Gasteiger partial charge on any atom is -0.771 e. The van der Waals surface area contributed by atoms with Crippen LogP contribution in [0.3, 0.4) is 0 Å². The summed E-state index contributed by atoms with van der Waals surface area (Å²) >= 11 is -2.02. The Hall–Kier alpha value is -1.49. The monoisotopic (exact) mass is 316 g/mol. The van der Waals surface area contributed by atoms with Gasteiger partial charge in [-0.2, -0.15) is 0 Å². The first kappa shape index (κ1) is 16.9. The second-order valence-electron chi connectivity index (χ2n) is 5.67. The number of rotatable bonds is 7. The van der Waals surface area contributed by atoms with Crippen molar-refractivity contribution >= 4 is 11.1 Å². The fraction of sp³-hybridized carbons (Fsp3) is 0.333. The zero-order valence-corrected chi connectivity index (χ0v) is 13.9. The molecule has 2 rings (SSSR count). The average Bonchev–Trinajstić information content (AvgIpc) is 2.52. The molecule has 0 bridgehead atoms. The largest absolute Gasteiger partial charge is 0.771 e. The second-order valence-corrected chi connectivity index (χ2v) is 6.57. The minimum absolute atomic E-state index is 0.0142. The van der Waals surface area contributed by atoms with Crippen molar-refractivity contribution in [2.75, 3.05) is 12.4 Å². The van der Waals surface area contributed by atoms with E-state index in [-0.39, 0.29) is 5.88 Å². The molecule has 0 saturated carbocycles. The van der Waals surface area contributed by atoms with Gasteiger partial charge in [-0.25, -0.2) is 0 Å². The van der Waals surface area contributed by atoms with Crippen LogP contribution < -0.4 is 5.32 Å². The normalized spacial score (nSPS) is 12.5. The molecule has 4 heteroatoms. The predicted octanol–water partition coefficient (Wildman–Crippen LogP) is 3.45. The SMILES string of the molecule is CC(C)c1ccc(-c2ccc(CCNCS(=O)[O-])cc2)cc1. The van der Waals surface area contributed by atoms with E-state index in [1.165, 1.54) is 22.3 Å². The van der Waals surface area contributed by atoms with Crippen LogP contribution in [-0.2, 0) is 17.5 Å². The molecule has 0 aliphatic rings. The Bertz CT molecular complexity index is 606. The lowest BCUT2D eigenvalue weighted by atomic mass is 9.98. The maximum absolute atomic E-state index is 10.4. The van der Waals surface area contributed by atoms with Gasteiger partial charge in [0.25, 0.3) is 0 Å². The molecule has 118 valence electrons. The Morgan fingerprint density at radius 3 is 2.05 bits per heavy atom. The third-order valence-corrected chi connectivity index (χ3v) is 4.11. The Morgan fingerprint density at radius 2 is 1.55 bits per heavy atom. The zero-order valence-electron chi connectivity index (χ0n) is 13.0. The molecule has 0 fully saturated rings. The van der Waals surface area contributed by atoms with Crippen molar-refractivity contribution in [3.63, 3.8) is 0 Å². The summed E-state index contributed by atoms with van der Waals surface area (Å²) in [6.45, 7) is 5.05. The summed E-state index contributed by atoms with van der Waals surface area (Å²) < 4.78 is 20.8. The van der Waals surface area contributed by atoms with Gasteiger partial charge in [0.15, 0.2) is 0 Å². The second kappa shape index (κ2) is 8.22. The topological polar surface area (TPSA) is 52.2 Å². The van der Waals surface area contributed by atoms with Crippen LogP contribution in [0.2, 0.25) is 0 Å². The van der Waals surface area contributed by atoms with Gasteiger partial charge in [-0.15, -0.1) is 0 Å². The maximum atomic E-state index is 10.4. The van der Waals surface area contributed by atoms with Gasteiger partial charge < -0.3 is 9.87 Å². The van der Waals surface area contributed by atoms with Crippen LogP contribution in [0.5, 0.6) is 0 Å². The highest BCUT2D eigenvalue weighted by Crippen LogP contribution is 2.23. The highest BCUT2D eigenvalue weighted by molar-refractivity contribution is 7.79. The van der Waals surface area contributed by atoms with E-state index in [0.29, 0.717) is 12.5 Å². The molecule has 22 heavy (non-hydrogen) atoms. The van der Waals surface area contributed by atoms with Crippen molar-refractivity contribution in [2.45, 2.75) is 26.2 Å². The molecule has 1 atom stereocenters. The summed E-state index contributed by atoms with van der Waals surface area (Å²) in [7, 11) is 0. The van der Waals surface area contributed by atoms with Crippen molar-refractivity contribution in [1.29, 1.82) is 0 Å². The van der Waals surface area contributed by atoms with Crippen LogP contribution in [0.1, 0.15) is 30.9 Å². The smallest absolute Gasteiger partial charge is 0.0588 e. The van der Waals surface area contributed by atoms with Gasteiger partial charge in [-0.05, 0) is 52.2 Å². The first-order valence-corrected chi connectivity index (χ1v) is 8.76. The molecular weight excluding hydrogens is 294 g/mol. The molecule has 0 saturated heterocycles. The molecule has 0 aliphatic heterocycles. The molecule has 0 spiro atoms. The molecule has 0 amide bonds. The van der Waals surface area contributed by atoms with Crippen molar-refractivity contribution in [1.82, 2.24) is 5.32 Å². The van der Waals surface area contributed by atoms with Crippen LogP contribution in [0.25, 0.3) is 11.1 Å². The van der Waals surface area contributed by atoms with Crippen molar-refractivity contribution in [3.8, 4) is 11.1 Å². The van der Waals surface area contributed by atoms with Gasteiger partial charge >= 0.3 is 0 Å². The number of nitrogens with one attached hydrogen (secondary N) is 1. The summed E-state index contributed by atoms with van der Waals surface area (Å²) in [6, 6.07) is 17.1. The first-order valence-electron chi connectivity index (χ1n) is 7.52. The summed E-state index contributed by atoms with van der Waals surface area (Å²) in [5.41, 5.74) is 4.97. The molecule has 0 aliphatic carbocycles. The first-order chi connectivity index (χ1) is 10.6. The van der Waals surface area contributed by atoms with Gasteiger partial charge in [0.05, 0.1) is 5.88 Å². The van der Waals surface area contributed by atoms with Gasteiger partial charge in [-0.3, -0.25) is 4.21 Å². The highest BCUT2D eigenvalue weighted by atomic mass is 32.2. The van der Waals surface area contributed by atoms with Crippen LogP contribution in [0.4, 0.5) is 0 Å². The zero-order chi connectivity index (χ0) is 15.9. The molecule has 0 radical (unpaired) electrons. The van der Waals surface area contributed by atoms with Crippen molar-refractivity contribution < 1.29 is 8.76 Å². The summed E-state index contributed by atoms with van der Waals surface area (Å²) in [5, 5.41) is 2.88. The molecule has 1 unspecified atom stereocenters. The van der Waals surface area contributed by atoms with Crippen molar-refractivity contribution in [2.24, 2.45) is 0 Å². The van der Waals surface area contributed by atoms with Crippen molar-refractivity contribution in [3.05, 3.63) is 59.7 Å². The third-order valence-electron chi connectivity index (χ3n) is 3.67. The Morgan fingerprint density at radius 1 is 1.00 bits per heavy atom. The fourth-order valence-electron chi connectivity index (χ4n) is 2.31. The van der Waals surface area contributed by atoms with Gasteiger partial charge in [0.2, 0.25) is 0 Å². The Kier molecular flexibility index (Phi) is 6.31. The number of hydrogen-bond donors (Lipinski definition) is 1. The summed E-state index contributed by atoms with van der Waals surface area (Å²) in [4.78, 5) is 0. The lowest BCUT2D eigenvalue weighted by molar-refractivity contribution is 0.530. The Labute approximate surface area is 135 Å². The third kappa shape index (κ3) is 5.05. The van der Waals surface area contributed by atoms with Crippen LogP contribution in [-0.4, -0.2) is 21.2 Å². The molecule has 0 aromatic heterocycles. The summed E-state index contributed by atoms with van der Waals surface area (Å²) in [5.74, 6) is 0.563. The highest BCUT2D eigenvalue weighted by Gasteiger charge is 2.01. The lowest BCUT2D eigenvalue weighted by Gasteiger charge is -2.09. The molecular formula is C18H22NO2S-. The van der Waals surface area contributed by atoms with Crippen LogP contribution >= 0.6 is 0 Å². The van der Waals surface area contributed by atoms with E-state index >= 15 is 0 Å². The molecule has 2 aromatic carbocycles. The van der Waals surface area contributed by atoms with E-state index in [1.807, 2.05) is 0 Å². The van der Waals surface area contributed by atoms with Crippen LogP contribution in [0, 0.1) is 0 Å². The lowest BCUT2D eigenvalue weighted by Crippen LogP contribution is -2.21. The quantitative estimate of drug-likeness (QED) is 0.629. The van der Waals surface area contributed by atoms with Gasteiger partial charge in [-0.1, -0.05) is 62.4 Å². The number of hydrogen-bond acceptors (Lipinski definition) is 3. The number of benzene rings is 2. The van der Waals surface area contributed by atoms with E-state index in [4.69, 9.17) is 0 Å². The molecule has 0 heterocycles. The minimum atomic E-state index is -2.02.